The zero-order chi connectivity index (χ0) is 21.2. The molecule has 0 spiro atoms. The molecule has 9 heteroatoms. The van der Waals surface area contributed by atoms with Gasteiger partial charge in [-0.25, -0.2) is 5.43 Å². The molecule has 0 heterocycles. The number of methoxy groups -OCH3 is 4. The van der Waals surface area contributed by atoms with Gasteiger partial charge < -0.3 is 24.3 Å². The second-order valence-electron chi connectivity index (χ2n) is 5.71. The first kappa shape index (κ1) is 21.5. The lowest BCUT2D eigenvalue weighted by atomic mass is 10.2. The van der Waals surface area contributed by atoms with Gasteiger partial charge in [0.15, 0.2) is 11.5 Å². The number of rotatable bonds is 9. The van der Waals surface area contributed by atoms with Crippen molar-refractivity contribution in [3.05, 3.63) is 42.0 Å². The Hall–Kier alpha value is -3.75. The van der Waals surface area contributed by atoms with Crippen LogP contribution in [0.15, 0.2) is 41.5 Å². The summed E-state index contributed by atoms with van der Waals surface area (Å²) in [7, 11) is 6.03. The molecule has 29 heavy (non-hydrogen) atoms. The summed E-state index contributed by atoms with van der Waals surface area (Å²) in [5, 5.41) is 6.48. The third-order valence-electron chi connectivity index (χ3n) is 3.76. The Morgan fingerprint density at radius 1 is 0.931 bits per heavy atom. The number of hydrogen-bond acceptors (Lipinski definition) is 7. The molecule has 0 atom stereocenters. The number of carbonyl (C=O) groups excluding carboxylic acids is 2. The topological polar surface area (TPSA) is 107 Å². The zero-order valence-electron chi connectivity index (χ0n) is 16.6. The maximum absolute atomic E-state index is 12.0. The van der Waals surface area contributed by atoms with Crippen LogP contribution < -0.4 is 29.7 Å². The average molecular weight is 401 g/mol. The minimum Gasteiger partial charge on any atom is -0.497 e. The van der Waals surface area contributed by atoms with Gasteiger partial charge in [0.05, 0.1) is 34.7 Å². The quantitative estimate of drug-likeness (QED) is 0.379. The summed E-state index contributed by atoms with van der Waals surface area (Å²) in [6, 6.07) is 10.2. The van der Waals surface area contributed by atoms with Crippen molar-refractivity contribution in [2.75, 3.05) is 33.8 Å². The minimum absolute atomic E-state index is 0.385. The van der Waals surface area contributed by atoms with E-state index in [2.05, 4.69) is 15.8 Å². The first-order chi connectivity index (χ1) is 14.0. The van der Waals surface area contributed by atoms with Crippen LogP contribution in [-0.2, 0) is 9.59 Å². The molecule has 154 valence electrons. The van der Waals surface area contributed by atoms with E-state index in [1.165, 1.54) is 34.7 Å². The summed E-state index contributed by atoms with van der Waals surface area (Å²) in [5.74, 6) is 0.926. The van der Waals surface area contributed by atoms with Gasteiger partial charge in [-0.2, -0.15) is 5.10 Å². The van der Waals surface area contributed by atoms with Gasteiger partial charge in [0.2, 0.25) is 17.6 Å². The lowest BCUT2D eigenvalue weighted by Gasteiger charge is -2.12. The first-order valence-electron chi connectivity index (χ1n) is 8.56. The summed E-state index contributed by atoms with van der Waals surface area (Å²) < 4.78 is 20.8. The Balaban J connectivity index is 1.94. The van der Waals surface area contributed by atoms with Crippen LogP contribution >= 0.6 is 0 Å². The molecule has 0 aliphatic carbocycles. The van der Waals surface area contributed by atoms with E-state index in [1.807, 2.05) is 0 Å². The fourth-order valence-corrected chi connectivity index (χ4v) is 2.45. The summed E-state index contributed by atoms with van der Waals surface area (Å²) in [5.41, 5.74) is 3.45. The first-order valence-corrected chi connectivity index (χ1v) is 8.56. The van der Waals surface area contributed by atoms with Crippen molar-refractivity contribution in [3.8, 4) is 23.0 Å². The smallest absolute Gasteiger partial charge is 0.249 e. The van der Waals surface area contributed by atoms with Crippen molar-refractivity contribution in [3.63, 3.8) is 0 Å². The molecule has 0 aliphatic rings. The predicted molar refractivity (Wildman–Crippen MR) is 108 cm³/mol. The molecule has 0 saturated heterocycles. The Labute approximate surface area is 168 Å². The van der Waals surface area contributed by atoms with Crippen LogP contribution in [0, 0.1) is 0 Å². The number of nitrogens with zero attached hydrogens (tertiary/aromatic N) is 1. The van der Waals surface area contributed by atoms with Gasteiger partial charge >= 0.3 is 0 Å². The largest absolute Gasteiger partial charge is 0.497 e. The van der Waals surface area contributed by atoms with E-state index in [0.717, 1.165) is 0 Å². The number of benzene rings is 2. The van der Waals surface area contributed by atoms with Crippen LogP contribution in [-0.4, -0.2) is 46.5 Å². The van der Waals surface area contributed by atoms with Crippen LogP contribution in [0.1, 0.15) is 12.0 Å². The van der Waals surface area contributed by atoms with E-state index in [9.17, 15) is 9.59 Å². The van der Waals surface area contributed by atoms with Crippen LogP contribution in [0.3, 0.4) is 0 Å². The van der Waals surface area contributed by atoms with E-state index >= 15 is 0 Å². The molecule has 9 nitrogen and oxygen atoms in total. The molecule has 2 aromatic carbocycles. The van der Waals surface area contributed by atoms with Crippen molar-refractivity contribution in [2.45, 2.75) is 6.42 Å². The number of hydrazone groups is 1. The Morgan fingerprint density at radius 2 is 1.62 bits per heavy atom. The maximum atomic E-state index is 12.0. The molecule has 0 saturated carbocycles. The number of amides is 2. The minimum atomic E-state index is -0.561. The van der Waals surface area contributed by atoms with E-state index in [0.29, 0.717) is 34.2 Å². The van der Waals surface area contributed by atoms with Gasteiger partial charge in [-0.05, 0) is 24.3 Å². The van der Waals surface area contributed by atoms with Crippen LogP contribution in [0.4, 0.5) is 5.69 Å². The van der Waals surface area contributed by atoms with Crippen LogP contribution in [0.25, 0.3) is 0 Å². The molecule has 0 aliphatic heterocycles. The number of nitrogens with one attached hydrogen (secondary N) is 2. The Morgan fingerprint density at radius 3 is 2.21 bits per heavy atom. The summed E-state index contributed by atoms with van der Waals surface area (Å²) in [6.07, 6.45) is 1.02. The maximum Gasteiger partial charge on any atom is 0.249 e. The summed E-state index contributed by atoms with van der Waals surface area (Å²) >= 11 is 0. The number of hydrogen-bond donors (Lipinski definition) is 2. The molecule has 0 bridgehead atoms. The summed E-state index contributed by atoms with van der Waals surface area (Å²) in [4.78, 5) is 23.9. The number of ether oxygens (including phenoxy) is 4. The van der Waals surface area contributed by atoms with Gasteiger partial charge in [-0.3, -0.25) is 9.59 Å². The van der Waals surface area contributed by atoms with Crippen molar-refractivity contribution in [2.24, 2.45) is 5.10 Å². The fraction of sp³-hybridized carbons (Fsp3) is 0.250. The predicted octanol–water partition coefficient (Wildman–Crippen LogP) is 2.20. The molecular formula is C20H23N3O6. The molecule has 2 rings (SSSR count). The highest BCUT2D eigenvalue weighted by molar-refractivity contribution is 6.03. The van der Waals surface area contributed by atoms with Crippen LogP contribution in [0.2, 0.25) is 0 Å². The number of anilines is 1. The second kappa shape index (κ2) is 10.5. The standard InChI is InChI=1S/C20H23N3O6/c1-26-15-7-5-6-14(10-15)22-18(24)11-19(25)23-21-12-13-8-16(27-2)20(29-4)17(9-13)28-3/h5-10,12H,11H2,1-4H3,(H,22,24)(H,23,25). The van der Waals surface area contributed by atoms with E-state index in [1.54, 1.807) is 36.4 Å². The normalized spacial score (nSPS) is 10.3. The summed E-state index contributed by atoms with van der Waals surface area (Å²) in [6.45, 7) is 0. The Kier molecular flexibility index (Phi) is 7.84. The van der Waals surface area contributed by atoms with Gasteiger partial charge in [0.25, 0.3) is 0 Å². The van der Waals surface area contributed by atoms with Crippen molar-refractivity contribution < 1.29 is 28.5 Å². The van der Waals surface area contributed by atoms with Gasteiger partial charge in [-0.15, -0.1) is 0 Å². The zero-order valence-corrected chi connectivity index (χ0v) is 16.6. The Bertz CT molecular complexity index is 873. The van der Waals surface area contributed by atoms with Gasteiger partial charge in [0.1, 0.15) is 12.2 Å². The monoisotopic (exact) mass is 401 g/mol. The van der Waals surface area contributed by atoms with Gasteiger partial charge in [-0.1, -0.05) is 6.07 Å². The third kappa shape index (κ3) is 6.13. The van der Waals surface area contributed by atoms with Crippen molar-refractivity contribution in [1.82, 2.24) is 5.43 Å². The second-order valence-corrected chi connectivity index (χ2v) is 5.71. The van der Waals surface area contributed by atoms with Crippen LogP contribution in [0.5, 0.6) is 23.0 Å². The molecular weight excluding hydrogens is 378 g/mol. The molecule has 0 radical (unpaired) electrons. The van der Waals surface area contributed by atoms with Crippen molar-refractivity contribution >= 4 is 23.7 Å². The fourth-order valence-electron chi connectivity index (χ4n) is 2.45. The lowest BCUT2D eigenvalue weighted by molar-refractivity contribution is -0.126. The highest BCUT2D eigenvalue weighted by atomic mass is 16.5. The van der Waals surface area contributed by atoms with Crippen molar-refractivity contribution in [1.29, 1.82) is 0 Å². The molecule has 0 fully saturated rings. The highest BCUT2D eigenvalue weighted by Crippen LogP contribution is 2.37. The van der Waals surface area contributed by atoms with E-state index in [-0.39, 0.29) is 6.42 Å². The highest BCUT2D eigenvalue weighted by Gasteiger charge is 2.13. The molecule has 0 aromatic heterocycles. The molecule has 2 N–H and O–H groups in total. The van der Waals surface area contributed by atoms with Gasteiger partial charge in [0, 0.05) is 17.3 Å². The van der Waals surface area contributed by atoms with E-state index in [4.69, 9.17) is 18.9 Å². The average Bonchev–Trinajstić information content (AvgIpc) is 2.72. The number of carbonyl (C=O) groups is 2. The molecule has 2 amide bonds. The van der Waals surface area contributed by atoms with E-state index < -0.39 is 11.8 Å². The lowest BCUT2D eigenvalue weighted by Crippen LogP contribution is -2.24. The third-order valence-corrected chi connectivity index (χ3v) is 3.76. The molecule has 2 aromatic rings. The molecule has 0 unspecified atom stereocenters. The SMILES string of the molecule is COc1cccc(NC(=O)CC(=O)NN=Cc2cc(OC)c(OC)c(OC)c2)c1.